The van der Waals surface area contributed by atoms with E-state index in [0.29, 0.717) is 36.3 Å². The number of rotatable bonds is 6. The maximum Gasteiger partial charge on any atom is 0.255 e. The second-order valence-electron chi connectivity index (χ2n) is 6.51. The molecule has 2 aromatic rings. The molecule has 3 rings (SSSR count). The van der Waals surface area contributed by atoms with E-state index < -0.39 is 0 Å². The van der Waals surface area contributed by atoms with E-state index in [9.17, 15) is 14.4 Å². The molecule has 0 saturated carbocycles. The van der Waals surface area contributed by atoms with Gasteiger partial charge >= 0.3 is 0 Å². The maximum atomic E-state index is 12.6. The summed E-state index contributed by atoms with van der Waals surface area (Å²) in [4.78, 5) is 38.1. The van der Waals surface area contributed by atoms with Crippen molar-refractivity contribution in [3.63, 3.8) is 0 Å². The molecule has 6 heteroatoms. The molecule has 0 atom stereocenters. The highest BCUT2D eigenvalue weighted by Crippen LogP contribution is 2.17. The molecular formula is C21H23N3O3. The summed E-state index contributed by atoms with van der Waals surface area (Å²) in [6.07, 6.45) is 1.49. The first-order valence-corrected chi connectivity index (χ1v) is 9.13. The molecule has 0 aliphatic carbocycles. The van der Waals surface area contributed by atoms with E-state index in [1.165, 1.54) is 0 Å². The zero-order valence-corrected chi connectivity index (χ0v) is 15.3. The molecule has 1 aliphatic rings. The second kappa shape index (κ2) is 8.49. The van der Waals surface area contributed by atoms with Gasteiger partial charge in [-0.25, -0.2) is 0 Å². The topological polar surface area (TPSA) is 78.5 Å². The van der Waals surface area contributed by atoms with Gasteiger partial charge in [-0.3, -0.25) is 14.4 Å². The smallest absolute Gasteiger partial charge is 0.255 e. The van der Waals surface area contributed by atoms with Gasteiger partial charge in [-0.1, -0.05) is 18.2 Å². The van der Waals surface area contributed by atoms with Crippen molar-refractivity contribution in [2.75, 3.05) is 18.4 Å². The average molecular weight is 365 g/mol. The van der Waals surface area contributed by atoms with Crippen molar-refractivity contribution in [3.05, 3.63) is 65.2 Å². The zero-order chi connectivity index (χ0) is 19.2. The summed E-state index contributed by atoms with van der Waals surface area (Å²) in [7, 11) is 0. The Labute approximate surface area is 158 Å². The molecule has 0 bridgehead atoms. The summed E-state index contributed by atoms with van der Waals surface area (Å²) in [5.74, 6) is -0.268. The summed E-state index contributed by atoms with van der Waals surface area (Å²) >= 11 is 0. The highest BCUT2D eigenvalue weighted by Gasteiger charge is 2.20. The Balaban J connectivity index is 1.69. The number of hydrogen-bond donors (Lipinski definition) is 2. The van der Waals surface area contributed by atoms with Gasteiger partial charge in [0.05, 0.1) is 0 Å². The number of carbonyl (C=O) groups is 3. The van der Waals surface area contributed by atoms with Crippen LogP contribution in [-0.2, 0) is 11.3 Å². The summed E-state index contributed by atoms with van der Waals surface area (Å²) in [6, 6.07) is 14.1. The van der Waals surface area contributed by atoms with E-state index in [1.807, 2.05) is 24.0 Å². The van der Waals surface area contributed by atoms with Crippen LogP contribution in [0.25, 0.3) is 0 Å². The lowest BCUT2D eigenvalue weighted by Crippen LogP contribution is -2.24. The molecule has 3 amide bonds. The Morgan fingerprint density at radius 1 is 1.04 bits per heavy atom. The van der Waals surface area contributed by atoms with Crippen molar-refractivity contribution in [1.29, 1.82) is 0 Å². The van der Waals surface area contributed by atoms with Crippen LogP contribution in [0.5, 0.6) is 0 Å². The van der Waals surface area contributed by atoms with Crippen LogP contribution >= 0.6 is 0 Å². The quantitative estimate of drug-likeness (QED) is 0.826. The first-order valence-electron chi connectivity index (χ1n) is 9.13. The van der Waals surface area contributed by atoms with Crippen LogP contribution in [-0.4, -0.2) is 35.7 Å². The highest BCUT2D eigenvalue weighted by atomic mass is 16.2. The lowest BCUT2D eigenvalue weighted by molar-refractivity contribution is -0.128. The van der Waals surface area contributed by atoms with Crippen LogP contribution in [0.3, 0.4) is 0 Å². The Hall–Kier alpha value is -3.15. The fourth-order valence-electron chi connectivity index (χ4n) is 3.11. The van der Waals surface area contributed by atoms with E-state index in [0.717, 1.165) is 18.5 Å². The van der Waals surface area contributed by atoms with Gasteiger partial charge < -0.3 is 15.5 Å². The number of likely N-dealkylation sites (tertiary alicyclic amines) is 1. The van der Waals surface area contributed by atoms with Gasteiger partial charge in [0.1, 0.15) is 0 Å². The van der Waals surface area contributed by atoms with Gasteiger partial charge in [0.2, 0.25) is 5.91 Å². The van der Waals surface area contributed by atoms with E-state index in [4.69, 9.17) is 0 Å². The first-order chi connectivity index (χ1) is 13.1. The standard InChI is InChI=1S/C21H23N3O3/c1-2-22-20(26)17-8-4-9-18(13-17)23-21(27)16-7-3-6-15(12-16)14-24-11-5-10-19(24)25/h3-4,6-9,12-13H,2,5,10-11,14H2,1H3,(H,22,26)(H,23,27). The van der Waals surface area contributed by atoms with Crippen molar-refractivity contribution in [1.82, 2.24) is 10.2 Å². The molecule has 0 radical (unpaired) electrons. The molecule has 6 nitrogen and oxygen atoms in total. The van der Waals surface area contributed by atoms with Crippen molar-refractivity contribution >= 4 is 23.4 Å². The monoisotopic (exact) mass is 365 g/mol. The van der Waals surface area contributed by atoms with Crippen LogP contribution in [0.15, 0.2) is 48.5 Å². The number of nitrogens with one attached hydrogen (secondary N) is 2. The van der Waals surface area contributed by atoms with Crippen molar-refractivity contribution in [2.24, 2.45) is 0 Å². The lowest BCUT2D eigenvalue weighted by Gasteiger charge is -2.16. The first kappa shape index (κ1) is 18.6. The second-order valence-corrected chi connectivity index (χ2v) is 6.51. The summed E-state index contributed by atoms with van der Waals surface area (Å²) < 4.78 is 0. The van der Waals surface area contributed by atoms with E-state index in [1.54, 1.807) is 36.4 Å². The van der Waals surface area contributed by atoms with Crippen molar-refractivity contribution in [2.45, 2.75) is 26.3 Å². The predicted octanol–water partition coefficient (Wildman–Crippen LogP) is 2.81. The molecule has 140 valence electrons. The van der Waals surface area contributed by atoms with Crippen LogP contribution in [0, 0.1) is 0 Å². The summed E-state index contributed by atoms with van der Waals surface area (Å²) in [5.41, 5.74) is 2.50. The molecule has 0 unspecified atom stereocenters. The molecule has 1 saturated heterocycles. The van der Waals surface area contributed by atoms with Gasteiger partial charge in [-0.05, 0) is 49.2 Å². The van der Waals surface area contributed by atoms with Gasteiger partial charge in [0.25, 0.3) is 11.8 Å². The van der Waals surface area contributed by atoms with Gasteiger partial charge in [-0.15, -0.1) is 0 Å². The molecule has 27 heavy (non-hydrogen) atoms. The normalized spacial score (nSPS) is 13.5. The molecule has 2 N–H and O–H groups in total. The largest absolute Gasteiger partial charge is 0.352 e. The number of benzene rings is 2. The van der Waals surface area contributed by atoms with Crippen molar-refractivity contribution in [3.8, 4) is 0 Å². The highest BCUT2D eigenvalue weighted by molar-refractivity contribution is 6.05. The SMILES string of the molecule is CCNC(=O)c1cccc(NC(=O)c2cccc(CN3CCCC3=O)c2)c1. The van der Waals surface area contributed by atoms with Crippen LogP contribution in [0.2, 0.25) is 0 Å². The number of nitrogens with zero attached hydrogens (tertiary/aromatic N) is 1. The lowest BCUT2D eigenvalue weighted by atomic mass is 10.1. The predicted molar refractivity (Wildman–Crippen MR) is 103 cm³/mol. The van der Waals surface area contributed by atoms with E-state index in [-0.39, 0.29) is 17.7 Å². The molecule has 1 aliphatic heterocycles. The third-order valence-corrected chi connectivity index (χ3v) is 4.45. The number of carbonyl (C=O) groups excluding carboxylic acids is 3. The molecule has 1 fully saturated rings. The Kier molecular flexibility index (Phi) is 5.86. The molecular weight excluding hydrogens is 342 g/mol. The zero-order valence-electron chi connectivity index (χ0n) is 15.3. The Morgan fingerprint density at radius 3 is 2.48 bits per heavy atom. The van der Waals surface area contributed by atoms with E-state index >= 15 is 0 Å². The maximum absolute atomic E-state index is 12.6. The minimum absolute atomic E-state index is 0.159. The molecule has 2 aromatic carbocycles. The van der Waals surface area contributed by atoms with Gasteiger partial charge in [-0.2, -0.15) is 0 Å². The Morgan fingerprint density at radius 2 is 1.78 bits per heavy atom. The Bertz CT molecular complexity index is 863. The van der Waals surface area contributed by atoms with Gasteiger partial charge in [0.15, 0.2) is 0 Å². The number of anilines is 1. The minimum atomic E-state index is -0.252. The van der Waals surface area contributed by atoms with E-state index in [2.05, 4.69) is 10.6 Å². The molecule has 1 heterocycles. The van der Waals surface area contributed by atoms with Gasteiger partial charge in [0, 0.05) is 42.9 Å². The van der Waals surface area contributed by atoms with Crippen LogP contribution in [0.4, 0.5) is 5.69 Å². The third kappa shape index (κ3) is 4.73. The fourth-order valence-corrected chi connectivity index (χ4v) is 3.11. The number of amides is 3. The summed E-state index contributed by atoms with van der Waals surface area (Å²) in [5, 5.41) is 5.56. The average Bonchev–Trinajstić information content (AvgIpc) is 3.07. The molecule has 0 aromatic heterocycles. The van der Waals surface area contributed by atoms with Crippen LogP contribution < -0.4 is 10.6 Å². The molecule has 0 spiro atoms. The minimum Gasteiger partial charge on any atom is -0.352 e. The third-order valence-electron chi connectivity index (χ3n) is 4.45. The fraction of sp³-hybridized carbons (Fsp3) is 0.286. The van der Waals surface area contributed by atoms with Crippen molar-refractivity contribution < 1.29 is 14.4 Å². The summed E-state index contributed by atoms with van der Waals surface area (Å²) in [6.45, 7) is 3.68. The number of hydrogen-bond acceptors (Lipinski definition) is 3. The van der Waals surface area contributed by atoms with Crippen LogP contribution in [0.1, 0.15) is 46.0 Å².